The summed E-state index contributed by atoms with van der Waals surface area (Å²) >= 11 is 0. The maximum absolute atomic E-state index is 6.09. The Morgan fingerprint density at radius 3 is 2.47 bits per heavy atom. The van der Waals surface area contributed by atoms with Crippen LogP contribution in [-0.2, 0) is 0 Å². The molecule has 0 aliphatic heterocycles. The fourth-order valence-corrected chi connectivity index (χ4v) is 2.49. The van der Waals surface area contributed by atoms with Gasteiger partial charge in [0.2, 0.25) is 0 Å². The van der Waals surface area contributed by atoms with Crippen LogP contribution in [0.5, 0.6) is 5.75 Å². The zero-order valence-corrected chi connectivity index (χ0v) is 11.1. The number of hydrogen-bond donors (Lipinski definition) is 1. The number of nitrogen functional groups attached to an aromatic ring is 1. The molecule has 17 heavy (non-hydrogen) atoms. The van der Waals surface area contributed by atoms with Gasteiger partial charge >= 0.3 is 0 Å². The molecular formula is C15H23NO. The Morgan fingerprint density at radius 1 is 1.24 bits per heavy atom. The largest absolute Gasteiger partial charge is 0.488 e. The minimum atomic E-state index is 0.339. The average Bonchev–Trinajstić information content (AvgIpc) is 2.26. The van der Waals surface area contributed by atoms with Crippen molar-refractivity contribution in [1.29, 1.82) is 0 Å². The van der Waals surface area contributed by atoms with Gasteiger partial charge in [-0.3, -0.25) is 0 Å². The second-order valence-electron chi connectivity index (χ2n) is 5.97. The molecule has 94 valence electrons. The zero-order chi connectivity index (χ0) is 12.5. The number of aryl methyl sites for hydroxylation is 1. The summed E-state index contributed by atoms with van der Waals surface area (Å²) in [7, 11) is 0. The minimum absolute atomic E-state index is 0.339. The zero-order valence-electron chi connectivity index (χ0n) is 11.1. The van der Waals surface area contributed by atoms with Gasteiger partial charge < -0.3 is 10.5 Å². The van der Waals surface area contributed by atoms with Gasteiger partial charge in [-0.25, -0.2) is 0 Å². The number of rotatable bonds is 2. The normalized spacial score (nSPS) is 20.2. The van der Waals surface area contributed by atoms with Gasteiger partial charge in [0.15, 0.2) is 0 Å². The van der Waals surface area contributed by atoms with E-state index in [2.05, 4.69) is 26.8 Å². The summed E-state index contributed by atoms with van der Waals surface area (Å²) in [5, 5.41) is 0. The fourth-order valence-electron chi connectivity index (χ4n) is 2.49. The Balaban J connectivity index is 2.03. The Kier molecular flexibility index (Phi) is 3.32. The molecule has 1 fully saturated rings. The first kappa shape index (κ1) is 12.3. The lowest BCUT2D eigenvalue weighted by Crippen LogP contribution is -2.28. The lowest BCUT2D eigenvalue weighted by Gasteiger charge is -2.34. The third kappa shape index (κ3) is 2.93. The van der Waals surface area contributed by atoms with Crippen molar-refractivity contribution in [2.75, 3.05) is 5.73 Å². The van der Waals surface area contributed by atoms with E-state index in [1.807, 2.05) is 12.1 Å². The molecule has 0 atom stereocenters. The van der Waals surface area contributed by atoms with Crippen molar-refractivity contribution in [2.45, 2.75) is 52.6 Å². The molecule has 2 nitrogen and oxygen atoms in total. The highest BCUT2D eigenvalue weighted by atomic mass is 16.5. The van der Waals surface area contributed by atoms with E-state index in [1.54, 1.807) is 0 Å². The maximum atomic E-state index is 6.09. The monoisotopic (exact) mass is 233 g/mol. The molecular weight excluding hydrogens is 210 g/mol. The summed E-state index contributed by atoms with van der Waals surface area (Å²) in [6, 6.07) is 5.94. The van der Waals surface area contributed by atoms with Crippen LogP contribution < -0.4 is 10.5 Å². The van der Waals surface area contributed by atoms with E-state index in [0.29, 0.717) is 11.5 Å². The van der Waals surface area contributed by atoms with Gasteiger partial charge in [-0.2, -0.15) is 0 Å². The first-order valence-electron chi connectivity index (χ1n) is 6.50. The molecule has 1 aromatic rings. The molecule has 2 heteroatoms. The van der Waals surface area contributed by atoms with Gasteiger partial charge in [0.25, 0.3) is 0 Å². The lowest BCUT2D eigenvalue weighted by molar-refractivity contribution is 0.0988. The van der Waals surface area contributed by atoms with Crippen molar-refractivity contribution >= 4 is 5.69 Å². The summed E-state index contributed by atoms with van der Waals surface area (Å²) in [4.78, 5) is 0. The highest BCUT2D eigenvalue weighted by molar-refractivity contribution is 5.56. The van der Waals surface area contributed by atoms with Crippen molar-refractivity contribution in [3.63, 3.8) is 0 Å². The molecule has 2 N–H and O–H groups in total. The number of ether oxygens (including phenoxy) is 1. The maximum Gasteiger partial charge on any atom is 0.145 e. The van der Waals surface area contributed by atoms with Crippen molar-refractivity contribution in [3.05, 3.63) is 23.8 Å². The van der Waals surface area contributed by atoms with Gasteiger partial charge in [-0.05, 0) is 49.7 Å². The minimum Gasteiger partial charge on any atom is -0.488 e. The van der Waals surface area contributed by atoms with Crippen LogP contribution in [0.2, 0.25) is 0 Å². The molecule has 2 rings (SSSR count). The quantitative estimate of drug-likeness (QED) is 0.786. The molecule has 1 saturated carbocycles. The van der Waals surface area contributed by atoms with Gasteiger partial charge in [-0.15, -0.1) is 0 Å². The molecule has 0 radical (unpaired) electrons. The molecule has 0 saturated heterocycles. The molecule has 0 heterocycles. The van der Waals surface area contributed by atoms with Crippen molar-refractivity contribution in [1.82, 2.24) is 0 Å². The number of nitrogens with two attached hydrogens (primary N) is 1. The van der Waals surface area contributed by atoms with Crippen molar-refractivity contribution in [3.8, 4) is 5.75 Å². The third-order valence-corrected chi connectivity index (χ3v) is 3.81. The van der Waals surface area contributed by atoms with Crippen LogP contribution >= 0.6 is 0 Å². The molecule has 1 aromatic carbocycles. The molecule has 1 aliphatic carbocycles. The molecule has 1 aliphatic rings. The number of anilines is 1. The Morgan fingerprint density at radius 2 is 1.88 bits per heavy atom. The van der Waals surface area contributed by atoms with E-state index in [9.17, 15) is 0 Å². The molecule has 0 unspecified atom stereocenters. The third-order valence-electron chi connectivity index (χ3n) is 3.81. The molecule has 0 amide bonds. The van der Waals surface area contributed by atoms with E-state index in [0.717, 1.165) is 29.8 Å². The van der Waals surface area contributed by atoms with E-state index in [-0.39, 0.29) is 0 Å². The molecule has 0 spiro atoms. The highest BCUT2D eigenvalue weighted by Crippen LogP contribution is 2.37. The van der Waals surface area contributed by atoms with E-state index in [1.165, 1.54) is 12.8 Å². The Labute approximate surface area is 104 Å². The summed E-state index contributed by atoms with van der Waals surface area (Å²) in [6.07, 6.45) is 5.10. The average molecular weight is 233 g/mol. The molecule has 0 aromatic heterocycles. The Bertz CT molecular complexity index is 368. The van der Waals surface area contributed by atoms with Gasteiger partial charge in [0.05, 0.1) is 11.8 Å². The SMILES string of the molecule is Cc1cccc(N)c1OC1CCC(C)(C)CC1. The van der Waals surface area contributed by atoms with Gasteiger partial charge in [0.1, 0.15) is 5.75 Å². The topological polar surface area (TPSA) is 35.2 Å². The van der Waals surface area contributed by atoms with Crippen LogP contribution in [0, 0.1) is 12.3 Å². The van der Waals surface area contributed by atoms with Crippen LogP contribution in [0.15, 0.2) is 18.2 Å². The van der Waals surface area contributed by atoms with Crippen LogP contribution in [0.3, 0.4) is 0 Å². The van der Waals surface area contributed by atoms with Crippen LogP contribution in [-0.4, -0.2) is 6.10 Å². The second kappa shape index (κ2) is 4.59. The predicted octanol–water partition coefficient (Wildman–Crippen LogP) is 3.92. The van der Waals surface area contributed by atoms with E-state index >= 15 is 0 Å². The van der Waals surface area contributed by atoms with Crippen LogP contribution in [0.4, 0.5) is 5.69 Å². The predicted molar refractivity (Wildman–Crippen MR) is 72.3 cm³/mol. The summed E-state index contributed by atoms with van der Waals surface area (Å²) < 4.78 is 6.09. The Hall–Kier alpha value is -1.18. The second-order valence-corrected chi connectivity index (χ2v) is 5.97. The van der Waals surface area contributed by atoms with Crippen molar-refractivity contribution < 1.29 is 4.74 Å². The van der Waals surface area contributed by atoms with E-state index < -0.39 is 0 Å². The van der Waals surface area contributed by atoms with Crippen LogP contribution in [0.25, 0.3) is 0 Å². The summed E-state index contributed by atoms with van der Waals surface area (Å²) in [6.45, 7) is 6.73. The van der Waals surface area contributed by atoms with Crippen LogP contribution in [0.1, 0.15) is 45.1 Å². The fraction of sp³-hybridized carbons (Fsp3) is 0.600. The van der Waals surface area contributed by atoms with Gasteiger partial charge in [-0.1, -0.05) is 26.0 Å². The molecule has 0 bridgehead atoms. The number of hydrogen-bond acceptors (Lipinski definition) is 2. The standard InChI is InChI=1S/C15H23NO/c1-11-5-4-6-13(16)14(11)17-12-7-9-15(2,3)10-8-12/h4-6,12H,7-10,16H2,1-3H3. The summed E-state index contributed by atoms with van der Waals surface area (Å²) in [5.41, 5.74) is 8.34. The number of benzene rings is 1. The highest BCUT2D eigenvalue weighted by Gasteiger charge is 2.28. The lowest BCUT2D eigenvalue weighted by atomic mass is 9.76. The van der Waals surface area contributed by atoms with Crippen molar-refractivity contribution in [2.24, 2.45) is 5.41 Å². The van der Waals surface area contributed by atoms with Gasteiger partial charge in [0, 0.05) is 0 Å². The smallest absolute Gasteiger partial charge is 0.145 e. The first-order chi connectivity index (χ1) is 7.98. The number of para-hydroxylation sites is 1. The summed E-state index contributed by atoms with van der Waals surface area (Å²) in [5.74, 6) is 0.886. The first-order valence-corrected chi connectivity index (χ1v) is 6.50. The van der Waals surface area contributed by atoms with E-state index in [4.69, 9.17) is 10.5 Å².